The van der Waals surface area contributed by atoms with Crippen LogP contribution in [0.1, 0.15) is 25.7 Å². The minimum atomic E-state index is 0.291. The van der Waals surface area contributed by atoms with Gasteiger partial charge in [-0.2, -0.15) is 0 Å². The second kappa shape index (κ2) is 6.33. The van der Waals surface area contributed by atoms with Crippen molar-refractivity contribution >= 4 is 28.8 Å². The molecule has 1 N–H and O–H groups in total. The van der Waals surface area contributed by atoms with E-state index in [1.807, 2.05) is 0 Å². The normalized spacial score (nSPS) is 31.5. The summed E-state index contributed by atoms with van der Waals surface area (Å²) in [5, 5.41) is 0. The van der Waals surface area contributed by atoms with Crippen molar-refractivity contribution in [1.82, 2.24) is 13.3 Å². The van der Waals surface area contributed by atoms with Gasteiger partial charge in [0, 0.05) is 61.0 Å². The fraction of sp³-hybridized carbons (Fsp3) is 0.917. The first-order valence-electron chi connectivity index (χ1n) is 6.54. The highest BCUT2D eigenvalue weighted by molar-refractivity contribution is 14.1. The van der Waals surface area contributed by atoms with Crippen molar-refractivity contribution in [2.75, 3.05) is 33.2 Å². The minimum absolute atomic E-state index is 0.291. The Kier molecular flexibility index (Phi) is 5.05. The van der Waals surface area contributed by atoms with Crippen LogP contribution in [-0.4, -0.2) is 55.0 Å². The number of hydrogen-bond donors (Lipinski definition) is 1. The molecule has 0 radical (unpaired) electrons. The second-order valence-corrected chi connectivity index (χ2v) is 5.91. The minimum Gasteiger partial charge on any atom is -0.340 e. The zero-order chi connectivity index (χ0) is 12.3. The molecule has 1 aliphatic heterocycles. The molecule has 1 heterocycles. The first-order valence-corrected chi connectivity index (χ1v) is 7.62. The number of rotatable bonds is 2. The Hall–Kier alpha value is 0.120. The first-order chi connectivity index (χ1) is 8.20. The van der Waals surface area contributed by atoms with E-state index in [1.165, 1.54) is 0 Å². The van der Waals surface area contributed by atoms with Gasteiger partial charge in [0.1, 0.15) is 0 Å². The molecule has 4 nitrogen and oxygen atoms in total. The van der Waals surface area contributed by atoms with Crippen molar-refractivity contribution in [2.24, 2.45) is 5.92 Å². The Morgan fingerprint density at radius 2 is 1.71 bits per heavy atom. The summed E-state index contributed by atoms with van der Waals surface area (Å²) in [6, 6.07) is 0.618. The molecule has 1 saturated heterocycles. The van der Waals surface area contributed by atoms with Gasteiger partial charge in [0.25, 0.3) is 0 Å². The van der Waals surface area contributed by atoms with Gasteiger partial charge in [0.15, 0.2) is 0 Å². The average molecular weight is 351 g/mol. The van der Waals surface area contributed by atoms with E-state index in [0.29, 0.717) is 17.9 Å². The fourth-order valence-electron chi connectivity index (χ4n) is 2.73. The Morgan fingerprint density at radius 3 is 2.24 bits per heavy atom. The number of piperazine rings is 1. The van der Waals surface area contributed by atoms with Crippen molar-refractivity contribution in [3.8, 4) is 0 Å². The predicted molar refractivity (Wildman–Crippen MR) is 77.0 cm³/mol. The highest BCUT2D eigenvalue weighted by Crippen LogP contribution is 2.26. The standard InChI is InChI=1S/C12H22IN3O/c1-15-6-8-16(9-7-15)12(17)10-2-4-11(14-13)5-3-10/h10-11,14H,2-9H2,1H3. The number of amides is 1. The number of likely N-dealkylation sites (N-methyl/N-ethyl adjacent to an activating group) is 1. The van der Waals surface area contributed by atoms with Crippen LogP contribution in [0.25, 0.3) is 0 Å². The van der Waals surface area contributed by atoms with Crippen LogP contribution in [0.2, 0.25) is 0 Å². The SMILES string of the molecule is CN1CCN(C(=O)C2CCC(NI)CC2)CC1. The van der Waals surface area contributed by atoms with Crippen molar-refractivity contribution in [1.29, 1.82) is 0 Å². The molecule has 0 aromatic carbocycles. The summed E-state index contributed by atoms with van der Waals surface area (Å²) in [6.07, 6.45) is 4.41. The summed E-state index contributed by atoms with van der Waals surface area (Å²) >= 11 is 2.23. The maximum atomic E-state index is 12.3. The van der Waals surface area contributed by atoms with Gasteiger partial charge in [-0.1, -0.05) is 0 Å². The number of nitrogens with one attached hydrogen (secondary N) is 1. The van der Waals surface area contributed by atoms with E-state index >= 15 is 0 Å². The Labute approximate surface area is 118 Å². The number of hydrogen-bond acceptors (Lipinski definition) is 3. The number of carbonyl (C=O) groups is 1. The molecular weight excluding hydrogens is 329 g/mol. The highest BCUT2D eigenvalue weighted by atomic mass is 127. The lowest BCUT2D eigenvalue weighted by Crippen LogP contribution is -2.49. The third-order valence-corrected chi connectivity index (χ3v) is 4.93. The van der Waals surface area contributed by atoms with E-state index in [4.69, 9.17) is 0 Å². The van der Waals surface area contributed by atoms with E-state index in [1.54, 1.807) is 0 Å². The highest BCUT2D eigenvalue weighted by Gasteiger charge is 2.30. The molecule has 2 fully saturated rings. The average Bonchev–Trinajstić information content (AvgIpc) is 2.39. The third kappa shape index (κ3) is 3.54. The van der Waals surface area contributed by atoms with Gasteiger partial charge in [0.05, 0.1) is 0 Å². The third-order valence-electron chi connectivity index (χ3n) is 4.05. The van der Waals surface area contributed by atoms with Crippen molar-refractivity contribution in [3.05, 3.63) is 0 Å². The molecule has 1 amide bonds. The summed E-state index contributed by atoms with van der Waals surface area (Å²) in [4.78, 5) is 16.7. The lowest BCUT2D eigenvalue weighted by molar-refractivity contribution is -0.138. The zero-order valence-electron chi connectivity index (χ0n) is 10.5. The largest absolute Gasteiger partial charge is 0.340 e. The van der Waals surface area contributed by atoms with E-state index in [0.717, 1.165) is 51.9 Å². The molecule has 0 atom stereocenters. The molecular formula is C12H22IN3O. The molecule has 98 valence electrons. The van der Waals surface area contributed by atoms with Crippen LogP contribution in [-0.2, 0) is 4.79 Å². The molecule has 1 aliphatic carbocycles. The molecule has 2 rings (SSSR count). The molecule has 2 aliphatic rings. The maximum Gasteiger partial charge on any atom is 0.225 e. The Balaban J connectivity index is 1.80. The number of nitrogens with zero attached hydrogens (tertiary/aromatic N) is 2. The van der Waals surface area contributed by atoms with E-state index in [2.05, 4.69) is 43.2 Å². The summed E-state index contributed by atoms with van der Waals surface area (Å²) in [6.45, 7) is 3.88. The van der Waals surface area contributed by atoms with Gasteiger partial charge in [-0.3, -0.25) is 8.32 Å². The van der Waals surface area contributed by atoms with Gasteiger partial charge in [-0.25, -0.2) is 0 Å². The van der Waals surface area contributed by atoms with Crippen LogP contribution in [0.15, 0.2) is 0 Å². The Bertz CT molecular complexity index is 258. The van der Waals surface area contributed by atoms with Gasteiger partial charge >= 0.3 is 0 Å². The molecule has 0 unspecified atom stereocenters. The summed E-state index contributed by atoms with van der Waals surface area (Å²) in [5.41, 5.74) is 0. The first kappa shape index (κ1) is 13.5. The van der Waals surface area contributed by atoms with Crippen LogP contribution in [0.3, 0.4) is 0 Å². The monoisotopic (exact) mass is 351 g/mol. The topological polar surface area (TPSA) is 35.6 Å². The van der Waals surface area contributed by atoms with E-state index in [-0.39, 0.29) is 0 Å². The van der Waals surface area contributed by atoms with E-state index < -0.39 is 0 Å². The smallest absolute Gasteiger partial charge is 0.225 e. The van der Waals surface area contributed by atoms with Gasteiger partial charge in [0.2, 0.25) is 5.91 Å². The fourth-order valence-corrected chi connectivity index (χ4v) is 3.36. The molecule has 0 aromatic heterocycles. The van der Waals surface area contributed by atoms with Gasteiger partial charge < -0.3 is 9.80 Å². The number of carbonyl (C=O) groups excluding carboxylic acids is 1. The lowest BCUT2D eigenvalue weighted by Gasteiger charge is -2.36. The summed E-state index contributed by atoms with van der Waals surface area (Å²) in [7, 11) is 2.12. The van der Waals surface area contributed by atoms with Crippen molar-refractivity contribution in [2.45, 2.75) is 31.7 Å². The van der Waals surface area contributed by atoms with Gasteiger partial charge in [-0.05, 0) is 32.7 Å². The number of halogens is 1. The van der Waals surface area contributed by atoms with Crippen molar-refractivity contribution < 1.29 is 4.79 Å². The Morgan fingerprint density at radius 1 is 1.12 bits per heavy atom. The van der Waals surface area contributed by atoms with Crippen LogP contribution < -0.4 is 3.53 Å². The quantitative estimate of drug-likeness (QED) is 0.601. The van der Waals surface area contributed by atoms with Gasteiger partial charge in [-0.15, -0.1) is 0 Å². The lowest BCUT2D eigenvalue weighted by atomic mass is 9.85. The zero-order valence-corrected chi connectivity index (χ0v) is 12.6. The van der Waals surface area contributed by atoms with Crippen LogP contribution in [0.5, 0.6) is 0 Å². The second-order valence-electron chi connectivity index (χ2n) is 5.29. The molecule has 0 bridgehead atoms. The molecule has 0 aromatic rings. The van der Waals surface area contributed by atoms with E-state index in [9.17, 15) is 4.79 Å². The molecule has 5 heteroatoms. The molecule has 0 spiro atoms. The summed E-state index contributed by atoms with van der Waals surface area (Å²) in [5.74, 6) is 0.699. The molecule has 17 heavy (non-hydrogen) atoms. The van der Waals surface area contributed by atoms with Crippen molar-refractivity contribution in [3.63, 3.8) is 0 Å². The predicted octanol–water partition coefficient (Wildman–Crippen LogP) is 1.26. The van der Waals surface area contributed by atoms with Crippen LogP contribution in [0, 0.1) is 5.92 Å². The summed E-state index contributed by atoms with van der Waals surface area (Å²) < 4.78 is 3.29. The van der Waals surface area contributed by atoms with Crippen LogP contribution in [0.4, 0.5) is 0 Å². The maximum absolute atomic E-state index is 12.3. The molecule has 1 saturated carbocycles. The van der Waals surface area contributed by atoms with Crippen LogP contribution >= 0.6 is 22.9 Å².